The monoisotopic (exact) mass is 427 g/mol. The van der Waals surface area contributed by atoms with Gasteiger partial charge in [0, 0.05) is 45.3 Å². The molecule has 1 aliphatic carbocycles. The standard InChI is InChI=1S/C20H31F2N5O3/c1-3-4-15(19-24-16(25-30-19)9-13-5-6-13)26(2)18(29)10-14(23)11-27-12-20(21,22)8-7-17(27)28/h13-15H,3-12,23H2,1-2H3/t14-,15-/m0/s1. The number of amides is 2. The van der Waals surface area contributed by atoms with Gasteiger partial charge in [0.2, 0.25) is 17.7 Å². The van der Waals surface area contributed by atoms with Crippen molar-refractivity contribution in [1.82, 2.24) is 19.9 Å². The molecule has 30 heavy (non-hydrogen) atoms. The number of nitrogens with zero attached hydrogens (tertiary/aromatic N) is 4. The van der Waals surface area contributed by atoms with Gasteiger partial charge in [-0.1, -0.05) is 18.5 Å². The summed E-state index contributed by atoms with van der Waals surface area (Å²) in [6, 6.07) is -1.09. The molecule has 168 valence electrons. The SMILES string of the molecule is CCC[C@@H](c1nc(CC2CC2)no1)N(C)C(=O)C[C@H](N)CN1CC(F)(F)CCC1=O. The van der Waals surface area contributed by atoms with Crippen LogP contribution in [0.4, 0.5) is 8.78 Å². The number of carbonyl (C=O) groups is 2. The Morgan fingerprint density at radius 2 is 2.17 bits per heavy atom. The maximum Gasteiger partial charge on any atom is 0.265 e. The van der Waals surface area contributed by atoms with Crippen molar-refractivity contribution in [1.29, 1.82) is 0 Å². The Balaban J connectivity index is 1.57. The zero-order valence-electron chi connectivity index (χ0n) is 17.6. The fraction of sp³-hybridized carbons (Fsp3) is 0.800. The van der Waals surface area contributed by atoms with E-state index in [1.165, 1.54) is 17.7 Å². The van der Waals surface area contributed by atoms with Crippen molar-refractivity contribution in [3.63, 3.8) is 0 Å². The highest BCUT2D eigenvalue weighted by atomic mass is 19.3. The van der Waals surface area contributed by atoms with E-state index in [4.69, 9.17) is 10.3 Å². The lowest BCUT2D eigenvalue weighted by molar-refractivity contribution is -0.148. The first-order valence-corrected chi connectivity index (χ1v) is 10.7. The van der Waals surface area contributed by atoms with Crippen molar-refractivity contribution in [2.75, 3.05) is 20.1 Å². The van der Waals surface area contributed by atoms with E-state index in [1.807, 2.05) is 6.92 Å². The van der Waals surface area contributed by atoms with Crippen molar-refractivity contribution in [2.24, 2.45) is 11.7 Å². The van der Waals surface area contributed by atoms with Crippen LogP contribution in [0.2, 0.25) is 0 Å². The molecule has 0 unspecified atom stereocenters. The number of aromatic nitrogens is 2. The minimum Gasteiger partial charge on any atom is -0.337 e. The molecule has 3 rings (SSSR count). The third-order valence-corrected chi connectivity index (χ3v) is 5.73. The predicted octanol–water partition coefficient (Wildman–Crippen LogP) is 2.30. The molecule has 8 nitrogen and oxygen atoms in total. The van der Waals surface area contributed by atoms with Gasteiger partial charge < -0.3 is 20.1 Å². The number of alkyl halides is 2. The zero-order valence-corrected chi connectivity index (χ0v) is 17.6. The van der Waals surface area contributed by atoms with Gasteiger partial charge in [0.15, 0.2) is 5.82 Å². The summed E-state index contributed by atoms with van der Waals surface area (Å²) in [7, 11) is 1.65. The van der Waals surface area contributed by atoms with E-state index in [2.05, 4.69) is 10.1 Å². The Morgan fingerprint density at radius 3 is 2.83 bits per heavy atom. The van der Waals surface area contributed by atoms with Gasteiger partial charge in [-0.3, -0.25) is 9.59 Å². The van der Waals surface area contributed by atoms with Crippen molar-refractivity contribution in [3.8, 4) is 0 Å². The molecule has 1 saturated carbocycles. The quantitative estimate of drug-likeness (QED) is 0.614. The van der Waals surface area contributed by atoms with Crippen LogP contribution in [0.15, 0.2) is 4.52 Å². The number of rotatable bonds is 10. The van der Waals surface area contributed by atoms with Gasteiger partial charge in [-0.2, -0.15) is 4.98 Å². The van der Waals surface area contributed by atoms with E-state index in [-0.39, 0.29) is 37.2 Å². The van der Waals surface area contributed by atoms with Crippen LogP contribution >= 0.6 is 0 Å². The van der Waals surface area contributed by atoms with Gasteiger partial charge >= 0.3 is 0 Å². The molecular formula is C20H31F2N5O3. The van der Waals surface area contributed by atoms with E-state index >= 15 is 0 Å². The average molecular weight is 427 g/mol. The van der Waals surface area contributed by atoms with E-state index in [9.17, 15) is 18.4 Å². The molecule has 10 heteroatoms. The van der Waals surface area contributed by atoms with Gasteiger partial charge in [-0.05, 0) is 25.2 Å². The molecule has 2 fully saturated rings. The highest BCUT2D eigenvalue weighted by Crippen LogP contribution is 2.32. The third-order valence-electron chi connectivity index (χ3n) is 5.73. The summed E-state index contributed by atoms with van der Waals surface area (Å²) >= 11 is 0. The summed E-state index contributed by atoms with van der Waals surface area (Å²) in [6.07, 6.45) is 3.92. The molecule has 2 aliphatic rings. The molecule has 0 radical (unpaired) electrons. The van der Waals surface area contributed by atoms with Crippen molar-refractivity contribution >= 4 is 11.8 Å². The summed E-state index contributed by atoms with van der Waals surface area (Å²) in [4.78, 5) is 31.8. The van der Waals surface area contributed by atoms with E-state index < -0.39 is 24.9 Å². The average Bonchev–Trinajstić information content (AvgIpc) is 3.37. The Labute approximate surface area is 175 Å². The number of likely N-dealkylation sites (tertiary alicyclic amines) is 1. The lowest BCUT2D eigenvalue weighted by Crippen LogP contribution is -2.51. The van der Waals surface area contributed by atoms with Crippen LogP contribution in [0.5, 0.6) is 0 Å². The molecule has 1 saturated heterocycles. The first-order valence-electron chi connectivity index (χ1n) is 10.7. The molecule has 2 atom stereocenters. The second-order valence-corrected chi connectivity index (χ2v) is 8.60. The molecule has 2 N–H and O–H groups in total. The first-order chi connectivity index (χ1) is 14.2. The molecule has 1 aromatic rings. The van der Waals surface area contributed by atoms with Crippen LogP contribution < -0.4 is 5.73 Å². The van der Waals surface area contributed by atoms with Crippen molar-refractivity contribution in [3.05, 3.63) is 11.7 Å². The number of halogens is 2. The fourth-order valence-corrected chi connectivity index (χ4v) is 3.77. The minimum absolute atomic E-state index is 0.0604. The van der Waals surface area contributed by atoms with Gasteiger partial charge in [-0.15, -0.1) is 0 Å². The number of nitrogens with two attached hydrogens (primary N) is 1. The largest absolute Gasteiger partial charge is 0.337 e. The molecule has 0 spiro atoms. The van der Waals surface area contributed by atoms with Crippen LogP contribution in [0.25, 0.3) is 0 Å². The topological polar surface area (TPSA) is 106 Å². The summed E-state index contributed by atoms with van der Waals surface area (Å²) in [6.45, 7) is 1.28. The maximum absolute atomic E-state index is 13.6. The van der Waals surface area contributed by atoms with Gasteiger partial charge in [0.25, 0.3) is 5.92 Å². The van der Waals surface area contributed by atoms with Crippen LogP contribution in [-0.4, -0.2) is 63.9 Å². The highest BCUT2D eigenvalue weighted by molar-refractivity contribution is 5.78. The van der Waals surface area contributed by atoms with Crippen molar-refractivity contribution in [2.45, 2.75) is 76.3 Å². The molecule has 1 aliphatic heterocycles. The molecule has 0 bridgehead atoms. The predicted molar refractivity (Wildman–Crippen MR) is 104 cm³/mol. The molecule has 2 heterocycles. The number of piperidine rings is 1. The van der Waals surface area contributed by atoms with Crippen LogP contribution in [0, 0.1) is 5.92 Å². The zero-order chi connectivity index (χ0) is 21.9. The number of carbonyl (C=O) groups excluding carboxylic acids is 2. The Bertz CT molecular complexity index is 753. The van der Waals surface area contributed by atoms with Crippen LogP contribution in [0.1, 0.15) is 69.6 Å². The summed E-state index contributed by atoms with van der Waals surface area (Å²) in [5, 5.41) is 4.04. The number of hydrogen-bond acceptors (Lipinski definition) is 6. The van der Waals surface area contributed by atoms with Crippen LogP contribution in [0.3, 0.4) is 0 Å². The highest BCUT2D eigenvalue weighted by Gasteiger charge is 2.39. The normalized spacial score (nSPS) is 20.8. The molecule has 2 amide bonds. The first kappa shape index (κ1) is 22.6. The fourth-order valence-electron chi connectivity index (χ4n) is 3.77. The summed E-state index contributed by atoms with van der Waals surface area (Å²) in [5.74, 6) is -1.81. The number of hydrogen-bond donors (Lipinski definition) is 1. The summed E-state index contributed by atoms with van der Waals surface area (Å²) in [5.41, 5.74) is 6.04. The van der Waals surface area contributed by atoms with Gasteiger partial charge in [-0.25, -0.2) is 8.78 Å². The van der Waals surface area contributed by atoms with Crippen molar-refractivity contribution < 1.29 is 22.9 Å². The lowest BCUT2D eigenvalue weighted by Gasteiger charge is -2.34. The molecule has 1 aromatic heterocycles. The second-order valence-electron chi connectivity index (χ2n) is 8.60. The van der Waals surface area contributed by atoms with Crippen LogP contribution in [-0.2, 0) is 16.0 Å². The van der Waals surface area contributed by atoms with Gasteiger partial charge in [0.1, 0.15) is 6.04 Å². The summed E-state index contributed by atoms with van der Waals surface area (Å²) < 4.78 is 32.6. The van der Waals surface area contributed by atoms with E-state index in [0.29, 0.717) is 24.1 Å². The smallest absolute Gasteiger partial charge is 0.265 e. The second kappa shape index (κ2) is 9.36. The Morgan fingerprint density at radius 1 is 1.43 bits per heavy atom. The van der Waals surface area contributed by atoms with E-state index in [1.54, 1.807) is 7.05 Å². The third kappa shape index (κ3) is 5.96. The Hall–Kier alpha value is -2.10. The Kier molecular flexibility index (Phi) is 7.05. The maximum atomic E-state index is 13.6. The van der Waals surface area contributed by atoms with Gasteiger partial charge in [0.05, 0.1) is 6.54 Å². The minimum atomic E-state index is -2.91. The molecular weight excluding hydrogens is 396 g/mol. The molecule has 0 aromatic carbocycles. The van der Waals surface area contributed by atoms with E-state index in [0.717, 1.165) is 17.7 Å². The lowest BCUT2D eigenvalue weighted by atomic mass is 10.0.